The van der Waals surface area contributed by atoms with Gasteiger partial charge in [-0.25, -0.2) is 4.68 Å². The number of hydrogen-bond acceptors (Lipinski definition) is 5. The maximum absolute atomic E-state index is 11.1. The van der Waals surface area contributed by atoms with Crippen LogP contribution in [0.5, 0.6) is 0 Å². The molecule has 19 heavy (non-hydrogen) atoms. The predicted molar refractivity (Wildman–Crippen MR) is 70.8 cm³/mol. The van der Waals surface area contributed by atoms with Crippen molar-refractivity contribution in [3.05, 3.63) is 15.8 Å². The summed E-state index contributed by atoms with van der Waals surface area (Å²) in [5, 5.41) is 18.2. The fourth-order valence-electron chi connectivity index (χ4n) is 1.89. The molecule has 3 N–H and O–H groups in total. The number of aromatic nitrogens is 2. The first-order chi connectivity index (χ1) is 8.86. The number of nitrogens with one attached hydrogen (secondary N) is 1. The molecule has 0 saturated carbocycles. The number of anilines is 1. The zero-order chi connectivity index (χ0) is 14.6. The lowest BCUT2D eigenvalue weighted by Crippen LogP contribution is -2.25. The summed E-state index contributed by atoms with van der Waals surface area (Å²) in [4.78, 5) is 21.5. The molecule has 0 spiro atoms. The maximum atomic E-state index is 11.1. The third-order valence-corrected chi connectivity index (χ3v) is 2.60. The van der Waals surface area contributed by atoms with Crippen molar-refractivity contribution in [1.82, 2.24) is 9.78 Å². The van der Waals surface area contributed by atoms with Gasteiger partial charge in [0.15, 0.2) is 0 Å². The summed E-state index contributed by atoms with van der Waals surface area (Å²) in [6, 6.07) is -0.289. The Morgan fingerprint density at radius 3 is 2.74 bits per heavy atom. The maximum Gasteiger partial charge on any atom is 0.333 e. The van der Waals surface area contributed by atoms with Crippen LogP contribution in [0.3, 0.4) is 0 Å². The molecule has 0 fully saturated rings. The highest BCUT2D eigenvalue weighted by Gasteiger charge is 2.26. The molecule has 106 valence electrons. The van der Waals surface area contributed by atoms with Crippen molar-refractivity contribution >= 4 is 17.4 Å². The standard InChI is InChI=1S/C11H19N5O3/c1-4-5-15-11(13-7(2)6-9(12)17)10(16(18)19)8(3)14-15/h7,13H,4-6H2,1-3H3,(H2,12,17). The van der Waals surface area contributed by atoms with Crippen LogP contribution in [0.1, 0.15) is 32.4 Å². The van der Waals surface area contributed by atoms with Gasteiger partial charge < -0.3 is 11.1 Å². The number of aryl methyl sites for hydroxylation is 2. The Balaban J connectivity index is 3.07. The zero-order valence-electron chi connectivity index (χ0n) is 11.3. The van der Waals surface area contributed by atoms with Crippen molar-refractivity contribution in [3.8, 4) is 0 Å². The van der Waals surface area contributed by atoms with Crippen molar-refractivity contribution in [2.75, 3.05) is 5.32 Å². The van der Waals surface area contributed by atoms with E-state index in [9.17, 15) is 14.9 Å². The summed E-state index contributed by atoms with van der Waals surface area (Å²) >= 11 is 0. The van der Waals surface area contributed by atoms with Crippen LogP contribution in [0.4, 0.5) is 11.5 Å². The molecule has 0 aliphatic heterocycles. The first kappa shape index (κ1) is 14.9. The Hall–Kier alpha value is -2.12. The first-order valence-corrected chi connectivity index (χ1v) is 6.13. The molecule has 1 aromatic rings. The van der Waals surface area contributed by atoms with E-state index in [1.165, 1.54) is 0 Å². The molecule has 0 bridgehead atoms. The summed E-state index contributed by atoms with van der Waals surface area (Å²) in [6.07, 6.45) is 0.907. The highest BCUT2D eigenvalue weighted by molar-refractivity contribution is 5.75. The van der Waals surface area contributed by atoms with Crippen LogP contribution in [-0.2, 0) is 11.3 Å². The smallest absolute Gasteiger partial charge is 0.333 e. The van der Waals surface area contributed by atoms with Crippen LogP contribution in [0.25, 0.3) is 0 Å². The summed E-state index contributed by atoms with van der Waals surface area (Å²) in [6.45, 7) is 5.86. The molecule has 0 aromatic carbocycles. The van der Waals surface area contributed by atoms with Crippen LogP contribution in [-0.4, -0.2) is 26.7 Å². The zero-order valence-corrected chi connectivity index (χ0v) is 11.3. The highest BCUT2D eigenvalue weighted by Crippen LogP contribution is 2.29. The molecular formula is C11H19N5O3. The number of rotatable bonds is 7. The van der Waals surface area contributed by atoms with Gasteiger partial charge in [-0.05, 0) is 20.3 Å². The first-order valence-electron chi connectivity index (χ1n) is 6.13. The summed E-state index contributed by atoms with van der Waals surface area (Å²) in [7, 11) is 0. The van der Waals surface area contributed by atoms with Gasteiger partial charge in [-0.2, -0.15) is 5.10 Å². The van der Waals surface area contributed by atoms with E-state index in [4.69, 9.17) is 5.73 Å². The van der Waals surface area contributed by atoms with Gasteiger partial charge in [0.05, 0.1) is 4.92 Å². The lowest BCUT2D eigenvalue weighted by Gasteiger charge is -2.14. The van der Waals surface area contributed by atoms with E-state index in [0.717, 1.165) is 6.42 Å². The largest absolute Gasteiger partial charge is 0.370 e. The number of nitro groups is 1. The van der Waals surface area contributed by atoms with Crippen LogP contribution in [0.2, 0.25) is 0 Å². The topological polar surface area (TPSA) is 116 Å². The average Bonchev–Trinajstić information content (AvgIpc) is 2.54. The van der Waals surface area contributed by atoms with E-state index in [1.54, 1.807) is 18.5 Å². The van der Waals surface area contributed by atoms with E-state index in [-0.39, 0.29) is 18.2 Å². The molecule has 0 radical (unpaired) electrons. The second-order valence-electron chi connectivity index (χ2n) is 4.48. The Labute approximate surface area is 111 Å². The molecule has 1 rings (SSSR count). The lowest BCUT2D eigenvalue weighted by atomic mass is 10.2. The third-order valence-electron chi connectivity index (χ3n) is 2.60. The minimum atomic E-state index is -0.464. The summed E-state index contributed by atoms with van der Waals surface area (Å²) in [5.41, 5.74) is 5.41. The van der Waals surface area contributed by atoms with Crippen molar-refractivity contribution in [2.45, 2.75) is 46.2 Å². The molecule has 1 heterocycles. The monoisotopic (exact) mass is 269 g/mol. The number of amides is 1. The molecule has 8 nitrogen and oxygen atoms in total. The highest BCUT2D eigenvalue weighted by atomic mass is 16.6. The number of nitrogens with two attached hydrogens (primary N) is 1. The molecule has 0 aliphatic rings. The third kappa shape index (κ3) is 3.67. The van der Waals surface area contributed by atoms with Gasteiger partial charge in [-0.1, -0.05) is 6.92 Å². The number of hydrogen-bond donors (Lipinski definition) is 2. The number of nitrogens with zero attached hydrogens (tertiary/aromatic N) is 3. The number of carbonyl (C=O) groups is 1. The SMILES string of the molecule is CCCn1nc(C)c([N+](=O)[O-])c1NC(C)CC(N)=O. The van der Waals surface area contributed by atoms with Gasteiger partial charge in [0.1, 0.15) is 5.69 Å². The van der Waals surface area contributed by atoms with E-state index in [0.29, 0.717) is 18.1 Å². The average molecular weight is 269 g/mol. The predicted octanol–water partition coefficient (Wildman–Crippen LogP) is 1.19. The van der Waals surface area contributed by atoms with Gasteiger partial charge >= 0.3 is 5.69 Å². The molecule has 8 heteroatoms. The fraction of sp³-hybridized carbons (Fsp3) is 0.636. The van der Waals surface area contributed by atoms with Crippen LogP contribution < -0.4 is 11.1 Å². The van der Waals surface area contributed by atoms with E-state index in [1.807, 2.05) is 6.92 Å². The van der Waals surface area contributed by atoms with Gasteiger partial charge in [-0.15, -0.1) is 0 Å². The normalized spacial score (nSPS) is 12.2. The van der Waals surface area contributed by atoms with E-state index in [2.05, 4.69) is 10.4 Å². The fourth-order valence-corrected chi connectivity index (χ4v) is 1.89. The Morgan fingerprint density at radius 2 is 2.26 bits per heavy atom. The second kappa shape index (κ2) is 6.17. The van der Waals surface area contributed by atoms with Gasteiger partial charge in [0.25, 0.3) is 0 Å². The molecule has 0 saturated heterocycles. The Morgan fingerprint density at radius 1 is 1.63 bits per heavy atom. The molecule has 1 aromatic heterocycles. The molecule has 1 unspecified atom stereocenters. The van der Waals surface area contributed by atoms with Crippen LogP contribution in [0.15, 0.2) is 0 Å². The van der Waals surface area contributed by atoms with Crippen molar-refractivity contribution in [3.63, 3.8) is 0 Å². The molecule has 1 atom stereocenters. The minimum Gasteiger partial charge on any atom is -0.370 e. The van der Waals surface area contributed by atoms with Gasteiger partial charge in [0, 0.05) is 19.0 Å². The summed E-state index contributed by atoms with van der Waals surface area (Å²) < 4.78 is 1.56. The quantitative estimate of drug-likeness (QED) is 0.569. The van der Waals surface area contributed by atoms with Crippen LogP contribution in [0, 0.1) is 17.0 Å². The molecule has 0 aliphatic carbocycles. The van der Waals surface area contributed by atoms with Gasteiger partial charge in [-0.3, -0.25) is 14.9 Å². The number of primary amides is 1. The minimum absolute atomic E-state index is 0.0511. The molecular weight excluding hydrogens is 250 g/mol. The van der Waals surface area contributed by atoms with Crippen LogP contribution >= 0.6 is 0 Å². The summed E-state index contributed by atoms with van der Waals surface area (Å²) in [5.74, 6) is -0.126. The van der Waals surface area contributed by atoms with Crippen molar-refractivity contribution in [2.24, 2.45) is 5.73 Å². The van der Waals surface area contributed by atoms with E-state index < -0.39 is 10.8 Å². The Bertz CT molecular complexity index is 483. The lowest BCUT2D eigenvalue weighted by molar-refractivity contribution is -0.384. The van der Waals surface area contributed by atoms with E-state index >= 15 is 0 Å². The number of carbonyl (C=O) groups excluding carboxylic acids is 1. The molecule has 1 amide bonds. The second-order valence-corrected chi connectivity index (χ2v) is 4.48. The Kier molecular flexibility index (Phi) is 4.85. The van der Waals surface area contributed by atoms with Crippen molar-refractivity contribution < 1.29 is 9.72 Å². The van der Waals surface area contributed by atoms with Crippen molar-refractivity contribution in [1.29, 1.82) is 0 Å². The van der Waals surface area contributed by atoms with Gasteiger partial charge in [0.2, 0.25) is 11.7 Å².